The molecule has 48 heavy (non-hydrogen) atoms. The summed E-state index contributed by atoms with van der Waals surface area (Å²) >= 11 is 0. The van der Waals surface area contributed by atoms with Gasteiger partial charge in [-0.3, -0.25) is 14.3 Å². The van der Waals surface area contributed by atoms with E-state index < -0.39 is 42.9 Å². The fourth-order valence-corrected chi connectivity index (χ4v) is 6.26. The van der Waals surface area contributed by atoms with Gasteiger partial charge >= 0.3 is 0 Å². The highest BCUT2D eigenvalue weighted by Crippen LogP contribution is 2.33. The summed E-state index contributed by atoms with van der Waals surface area (Å²) in [5.74, 6) is -0.111. The number of fused-ring (bicyclic) bond motifs is 1. The molecular weight excluding hydrogens is 622 g/mol. The molecule has 5 rings (SSSR count). The van der Waals surface area contributed by atoms with E-state index in [1.807, 2.05) is 42.5 Å². The van der Waals surface area contributed by atoms with Crippen LogP contribution in [0.3, 0.4) is 0 Å². The first-order chi connectivity index (χ1) is 23.0. The van der Waals surface area contributed by atoms with E-state index in [-0.39, 0.29) is 30.8 Å². The van der Waals surface area contributed by atoms with E-state index in [1.165, 1.54) is 0 Å². The zero-order chi connectivity index (χ0) is 34.4. The Morgan fingerprint density at radius 1 is 1.02 bits per heavy atom. The molecule has 2 aliphatic rings. The largest absolute Gasteiger partial charge is 0.443 e. The molecule has 2 aliphatic heterocycles. The standard InChI is InChI=1S/C34H47N5O9/c1-34(2,33(46)38-15-13-35-14-16-38)36-26(42)8-3-5-21-9-11-22(12-10-21)19-23-6-4-7-24-27(23)31(37-39(24)17-18-40)48-32-30(45)29(44)28(43)25(20-41)47-32/h4,6-7,9-12,25,28-30,32,35,40-41,43-45H,3,5,8,13-20H2,1-2H3,(H,36,42)/t25-,28-,29+,30-,32+/m1/s1. The summed E-state index contributed by atoms with van der Waals surface area (Å²) in [5.41, 5.74) is 2.66. The topological polar surface area (TPSA) is 199 Å². The Balaban J connectivity index is 1.22. The molecule has 7 N–H and O–H groups in total. The molecule has 0 unspecified atom stereocenters. The molecule has 14 nitrogen and oxygen atoms in total. The average molecular weight is 670 g/mol. The summed E-state index contributed by atoms with van der Waals surface area (Å²) in [6.45, 7) is 5.69. The van der Waals surface area contributed by atoms with Gasteiger partial charge in [0.25, 0.3) is 0 Å². The Labute approximate surface area is 279 Å². The molecule has 0 saturated carbocycles. The fourth-order valence-electron chi connectivity index (χ4n) is 6.26. The van der Waals surface area contributed by atoms with E-state index in [0.29, 0.717) is 49.7 Å². The highest BCUT2D eigenvalue weighted by atomic mass is 16.7. The van der Waals surface area contributed by atoms with Crippen LogP contribution in [0.1, 0.15) is 43.4 Å². The van der Waals surface area contributed by atoms with Crippen LogP contribution in [0, 0.1) is 0 Å². The Bertz CT molecular complexity index is 1540. The third-order valence-corrected chi connectivity index (χ3v) is 8.90. The number of nitrogens with zero attached hydrogens (tertiary/aromatic N) is 3. The fraction of sp³-hybridized carbons (Fsp3) is 0.559. The number of aliphatic hydroxyl groups is 5. The van der Waals surface area contributed by atoms with Crippen LogP contribution in [-0.2, 0) is 33.7 Å². The predicted octanol–water partition coefficient (Wildman–Crippen LogP) is -0.553. The first kappa shape index (κ1) is 35.7. The second-order valence-corrected chi connectivity index (χ2v) is 12.9. The van der Waals surface area contributed by atoms with Gasteiger partial charge in [-0.1, -0.05) is 36.4 Å². The van der Waals surface area contributed by atoms with Crippen molar-refractivity contribution >= 4 is 22.7 Å². The lowest BCUT2D eigenvalue weighted by Gasteiger charge is -2.39. The number of carbonyl (C=O) groups is 2. The van der Waals surface area contributed by atoms with Crippen molar-refractivity contribution in [2.45, 2.75) is 82.3 Å². The van der Waals surface area contributed by atoms with Gasteiger partial charge < -0.3 is 50.5 Å². The van der Waals surface area contributed by atoms with Gasteiger partial charge in [0, 0.05) is 32.6 Å². The Morgan fingerprint density at radius 3 is 2.42 bits per heavy atom. The van der Waals surface area contributed by atoms with Gasteiger partial charge in [0.2, 0.25) is 24.0 Å². The Kier molecular flexibility index (Phi) is 11.7. The van der Waals surface area contributed by atoms with Gasteiger partial charge in [0.1, 0.15) is 30.0 Å². The summed E-state index contributed by atoms with van der Waals surface area (Å²) < 4.78 is 13.1. The van der Waals surface area contributed by atoms with Crippen LogP contribution < -0.4 is 15.4 Å². The number of carbonyl (C=O) groups excluding carboxylic acids is 2. The van der Waals surface area contributed by atoms with E-state index in [4.69, 9.17) is 9.47 Å². The van der Waals surface area contributed by atoms with E-state index in [1.54, 1.807) is 23.4 Å². The number of amides is 2. The maximum absolute atomic E-state index is 12.9. The number of piperazine rings is 1. The number of rotatable bonds is 13. The van der Waals surface area contributed by atoms with Crippen molar-refractivity contribution in [3.63, 3.8) is 0 Å². The number of ether oxygens (including phenoxy) is 2. The third kappa shape index (κ3) is 8.14. The summed E-state index contributed by atoms with van der Waals surface area (Å²) in [4.78, 5) is 27.4. The number of aryl methyl sites for hydroxylation is 1. The maximum atomic E-state index is 12.9. The number of aromatic nitrogens is 2. The van der Waals surface area contributed by atoms with Gasteiger partial charge in [-0.2, -0.15) is 0 Å². The van der Waals surface area contributed by atoms with Crippen LogP contribution in [-0.4, -0.2) is 128 Å². The van der Waals surface area contributed by atoms with Crippen LogP contribution in [0.15, 0.2) is 42.5 Å². The smallest absolute Gasteiger partial charge is 0.247 e. The number of hydrogen-bond donors (Lipinski definition) is 7. The minimum absolute atomic E-state index is 0.0723. The van der Waals surface area contributed by atoms with Gasteiger partial charge in [-0.05, 0) is 55.9 Å². The number of hydrogen-bond acceptors (Lipinski definition) is 11. The van der Waals surface area contributed by atoms with Crippen molar-refractivity contribution in [3.8, 4) is 5.88 Å². The van der Waals surface area contributed by atoms with Crippen LogP contribution in [0.5, 0.6) is 5.88 Å². The molecule has 5 atom stereocenters. The van der Waals surface area contributed by atoms with E-state index >= 15 is 0 Å². The van der Waals surface area contributed by atoms with Crippen molar-refractivity contribution in [2.75, 3.05) is 39.4 Å². The molecule has 2 fully saturated rings. The summed E-state index contributed by atoms with van der Waals surface area (Å²) in [6.07, 6.45) is -5.13. The van der Waals surface area contributed by atoms with Crippen molar-refractivity contribution in [3.05, 3.63) is 59.2 Å². The molecule has 14 heteroatoms. The van der Waals surface area contributed by atoms with Crippen LogP contribution >= 0.6 is 0 Å². The molecule has 262 valence electrons. The number of aliphatic hydroxyl groups excluding tert-OH is 5. The lowest BCUT2D eigenvalue weighted by atomic mass is 9.98. The van der Waals surface area contributed by atoms with Gasteiger partial charge in [0.05, 0.1) is 30.7 Å². The predicted molar refractivity (Wildman–Crippen MR) is 175 cm³/mol. The van der Waals surface area contributed by atoms with Gasteiger partial charge in [-0.25, -0.2) is 0 Å². The van der Waals surface area contributed by atoms with Crippen molar-refractivity contribution in [1.82, 2.24) is 25.3 Å². The lowest BCUT2D eigenvalue weighted by molar-refractivity contribution is -0.278. The summed E-state index contributed by atoms with van der Waals surface area (Å²) in [5, 5.41) is 61.4. The molecular formula is C34H47N5O9. The molecule has 2 aromatic carbocycles. The minimum atomic E-state index is -1.60. The molecule has 0 bridgehead atoms. The molecule has 2 saturated heterocycles. The normalized spacial score (nSPS) is 23.3. The molecule has 3 aromatic rings. The second-order valence-electron chi connectivity index (χ2n) is 12.9. The van der Waals surface area contributed by atoms with E-state index in [0.717, 1.165) is 29.8 Å². The molecule has 1 aromatic heterocycles. The Hall–Kier alpha value is -3.63. The number of benzene rings is 2. The first-order valence-electron chi connectivity index (χ1n) is 16.5. The zero-order valence-electron chi connectivity index (χ0n) is 27.4. The second kappa shape index (κ2) is 15.7. The van der Waals surface area contributed by atoms with Crippen LogP contribution in [0.4, 0.5) is 0 Å². The summed E-state index contributed by atoms with van der Waals surface area (Å²) in [7, 11) is 0. The van der Waals surface area contributed by atoms with E-state index in [9.17, 15) is 35.1 Å². The first-order valence-corrected chi connectivity index (χ1v) is 16.5. The highest BCUT2D eigenvalue weighted by Gasteiger charge is 2.45. The molecule has 0 spiro atoms. The Morgan fingerprint density at radius 2 is 1.73 bits per heavy atom. The van der Waals surface area contributed by atoms with Gasteiger partial charge in [0.15, 0.2) is 0 Å². The number of nitrogens with one attached hydrogen (secondary N) is 2. The zero-order valence-corrected chi connectivity index (χ0v) is 27.4. The van der Waals surface area contributed by atoms with Gasteiger partial charge in [-0.15, -0.1) is 5.10 Å². The molecule has 0 aliphatic carbocycles. The van der Waals surface area contributed by atoms with Crippen LogP contribution in [0.25, 0.3) is 10.9 Å². The maximum Gasteiger partial charge on any atom is 0.247 e. The quantitative estimate of drug-likeness (QED) is 0.123. The monoisotopic (exact) mass is 669 g/mol. The lowest BCUT2D eigenvalue weighted by Crippen LogP contribution is -2.60. The third-order valence-electron chi connectivity index (χ3n) is 8.90. The molecule has 0 radical (unpaired) electrons. The molecule has 3 heterocycles. The van der Waals surface area contributed by atoms with E-state index in [2.05, 4.69) is 15.7 Å². The summed E-state index contributed by atoms with van der Waals surface area (Å²) in [6, 6.07) is 13.7. The minimum Gasteiger partial charge on any atom is -0.443 e. The average Bonchev–Trinajstić information content (AvgIpc) is 3.43. The van der Waals surface area contributed by atoms with Crippen LogP contribution in [0.2, 0.25) is 0 Å². The van der Waals surface area contributed by atoms with Crippen molar-refractivity contribution < 1.29 is 44.6 Å². The SMILES string of the molecule is CC(C)(NC(=O)CCCc1ccc(Cc2cccc3c2c(O[C@@H]2O[C@H](CO)[C@@H](O)[C@H](O)[C@H]2O)nn3CCO)cc1)C(=O)N1CCNCC1. The van der Waals surface area contributed by atoms with Crippen molar-refractivity contribution in [1.29, 1.82) is 0 Å². The molecule has 2 amide bonds. The van der Waals surface area contributed by atoms with Crippen molar-refractivity contribution in [2.24, 2.45) is 0 Å². The highest BCUT2D eigenvalue weighted by molar-refractivity contribution is 5.91.